The van der Waals surface area contributed by atoms with Crippen molar-refractivity contribution in [3.63, 3.8) is 0 Å². The van der Waals surface area contributed by atoms with Gasteiger partial charge in [-0.05, 0) is 18.7 Å². The van der Waals surface area contributed by atoms with Gasteiger partial charge in [0, 0.05) is 43.5 Å². The van der Waals surface area contributed by atoms with Gasteiger partial charge in [-0.2, -0.15) is 5.10 Å². The number of likely N-dealkylation sites (tertiary alicyclic amines) is 1. The molecule has 2 aromatic rings. The number of ether oxygens (including phenoxy) is 1. The maximum atomic E-state index is 14.4. The lowest BCUT2D eigenvalue weighted by Gasteiger charge is -2.51. The van der Waals surface area contributed by atoms with Gasteiger partial charge in [0.25, 0.3) is 0 Å². The molecule has 0 amide bonds. The van der Waals surface area contributed by atoms with E-state index in [4.69, 9.17) is 9.84 Å². The second kappa shape index (κ2) is 6.34. The summed E-state index contributed by atoms with van der Waals surface area (Å²) in [4.78, 5) is 2.45. The second-order valence-corrected chi connectivity index (χ2v) is 7.61. The molecular formula is C22H24FN3O. The largest absolute Gasteiger partial charge is 0.466 e. The van der Waals surface area contributed by atoms with Gasteiger partial charge in [0.05, 0.1) is 11.8 Å². The summed E-state index contributed by atoms with van der Waals surface area (Å²) in [5.41, 5.74) is 2.13. The molecular weight excluding hydrogens is 341 g/mol. The zero-order valence-electron chi connectivity index (χ0n) is 15.6. The zero-order chi connectivity index (χ0) is 18.4. The Morgan fingerprint density at radius 2 is 1.85 bits per heavy atom. The summed E-state index contributed by atoms with van der Waals surface area (Å²) in [6.07, 6.45) is 2.51. The number of hydrazone groups is 1. The molecule has 1 fully saturated rings. The number of hydrogen-bond acceptors (Lipinski definition) is 4. The lowest BCUT2D eigenvalue weighted by atomic mass is 9.90. The number of nitrogens with zero attached hydrogens (tertiary/aromatic N) is 3. The molecule has 1 atom stereocenters. The van der Waals surface area contributed by atoms with Gasteiger partial charge >= 0.3 is 0 Å². The Hall–Kier alpha value is -2.40. The number of hydrogen-bond donors (Lipinski definition) is 0. The van der Waals surface area contributed by atoms with Crippen LogP contribution in [0.3, 0.4) is 0 Å². The molecule has 140 valence electrons. The molecule has 3 aliphatic rings. The average Bonchev–Trinajstić information content (AvgIpc) is 3.16. The summed E-state index contributed by atoms with van der Waals surface area (Å²) in [5.74, 6) is 0.744. The van der Waals surface area contributed by atoms with Gasteiger partial charge in [0.15, 0.2) is 0 Å². The highest BCUT2D eigenvalue weighted by atomic mass is 19.1. The molecule has 27 heavy (non-hydrogen) atoms. The summed E-state index contributed by atoms with van der Waals surface area (Å²) in [7, 11) is 0. The van der Waals surface area contributed by atoms with Crippen molar-refractivity contribution in [2.45, 2.75) is 38.0 Å². The van der Waals surface area contributed by atoms with Crippen LogP contribution in [0.2, 0.25) is 0 Å². The SMILES string of the molecule is CCN1CCC2(CC1)Oc1ccccc1[C@H]1CC(c3ccccc3F)=NN12. The Bertz CT molecular complexity index is 889. The van der Waals surface area contributed by atoms with Gasteiger partial charge in [0.2, 0.25) is 5.72 Å². The Labute approximate surface area is 159 Å². The minimum atomic E-state index is -0.433. The standard InChI is InChI=1S/C22H24FN3O/c1-2-25-13-11-22(12-14-25)26-20(17-8-4-6-10-21(17)27-22)15-19(24-26)16-7-3-5-9-18(16)23/h3-10,20H,2,11-15H2,1H3/t20-/m1/s1. The lowest BCUT2D eigenvalue weighted by molar-refractivity contribution is -0.149. The van der Waals surface area contributed by atoms with Crippen LogP contribution in [0.15, 0.2) is 53.6 Å². The van der Waals surface area contributed by atoms with Crippen molar-refractivity contribution in [3.05, 3.63) is 65.5 Å². The van der Waals surface area contributed by atoms with Crippen LogP contribution in [0.4, 0.5) is 4.39 Å². The van der Waals surface area contributed by atoms with E-state index in [1.807, 2.05) is 24.3 Å². The van der Waals surface area contributed by atoms with Crippen molar-refractivity contribution in [1.82, 2.24) is 9.91 Å². The fraction of sp³-hybridized carbons (Fsp3) is 0.409. The van der Waals surface area contributed by atoms with Crippen LogP contribution >= 0.6 is 0 Å². The maximum absolute atomic E-state index is 14.4. The quantitative estimate of drug-likeness (QED) is 0.799. The average molecular weight is 365 g/mol. The van der Waals surface area contributed by atoms with E-state index in [9.17, 15) is 4.39 Å². The van der Waals surface area contributed by atoms with E-state index < -0.39 is 5.72 Å². The van der Waals surface area contributed by atoms with Crippen LogP contribution in [0.5, 0.6) is 5.75 Å². The summed E-state index contributed by atoms with van der Waals surface area (Å²) >= 11 is 0. The van der Waals surface area contributed by atoms with E-state index in [-0.39, 0.29) is 11.9 Å². The van der Waals surface area contributed by atoms with Crippen LogP contribution in [0, 0.1) is 5.82 Å². The molecule has 1 spiro atoms. The molecule has 4 nitrogen and oxygen atoms in total. The van der Waals surface area contributed by atoms with Crippen LogP contribution in [0.1, 0.15) is 43.4 Å². The van der Waals surface area contributed by atoms with E-state index in [0.29, 0.717) is 12.0 Å². The Kier molecular flexibility index (Phi) is 3.93. The van der Waals surface area contributed by atoms with Gasteiger partial charge in [-0.15, -0.1) is 0 Å². The fourth-order valence-electron chi connectivity index (χ4n) is 4.64. The van der Waals surface area contributed by atoms with E-state index in [1.165, 1.54) is 6.07 Å². The number of fused-ring (bicyclic) bond motifs is 4. The summed E-state index contributed by atoms with van der Waals surface area (Å²) in [6.45, 7) is 5.24. The summed E-state index contributed by atoms with van der Waals surface area (Å²) in [5, 5.41) is 7.08. The molecule has 5 rings (SSSR count). The number of halogens is 1. The third kappa shape index (κ3) is 2.64. The highest BCUT2D eigenvalue weighted by molar-refractivity contribution is 6.02. The molecule has 0 radical (unpaired) electrons. The first-order chi connectivity index (χ1) is 13.2. The third-order valence-electron chi connectivity index (χ3n) is 6.18. The zero-order valence-corrected chi connectivity index (χ0v) is 15.6. The van der Waals surface area contributed by atoms with Crippen molar-refractivity contribution in [3.8, 4) is 5.75 Å². The molecule has 2 aromatic carbocycles. The van der Waals surface area contributed by atoms with E-state index in [0.717, 1.165) is 49.5 Å². The minimum Gasteiger partial charge on any atom is -0.466 e. The van der Waals surface area contributed by atoms with Crippen molar-refractivity contribution in [2.75, 3.05) is 19.6 Å². The molecule has 3 aliphatic heterocycles. The second-order valence-electron chi connectivity index (χ2n) is 7.61. The summed E-state index contributed by atoms with van der Waals surface area (Å²) in [6, 6.07) is 15.3. The maximum Gasteiger partial charge on any atom is 0.200 e. The molecule has 0 saturated carbocycles. The van der Waals surface area contributed by atoms with Crippen molar-refractivity contribution < 1.29 is 9.13 Å². The first-order valence-corrected chi connectivity index (χ1v) is 9.82. The normalized spacial score (nSPS) is 23.6. The monoisotopic (exact) mass is 365 g/mol. The lowest BCUT2D eigenvalue weighted by Crippen LogP contribution is -2.59. The van der Waals surface area contributed by atoms with Gasteiger partial charge in [0.1, 0.15) is 11.6 Å². The number of piperidine rings is 1. The topological polar surface area (TPSA) is 28.1 Å². The molecule has 0 bridgehead atoms. The van der Waals surface area contributed by atoms with Crippen LogP contribution in [0.25, 0.3) is 0 Å². The molecule has 0 aromatic heterocycles. The van der Waals surface area contributed by atoms with Gasteiger partial charge in [-0.25, -0.2) is 9.40 Å². The first-order valence-electron chi connectivity index (χ1n) is 9.82. The molecule has 0 aliphatic carbocycles. The number of benzene rings is 2. The molecule has 1 saturated heterocycles. The Balaban J connectivity index is 1.57. The molecule has 5 heteroatoms. The van der Waals surface area contributed by atoms with Crippen LogP contribution in [-0.2, 0) is 0 Å². The predicted molar refractivity (Wildman–Crippen MR) is 103 cm³/mol. The fourth-order valence-corrected chi connectivity index (χ4v) is 4.64. The van der Waals surface area contributed by atoms with Crippen molar-refractivity contribution >= 4 is 5.71 Å². The highest BCUT2D eigenvalue weighted by Crippen LogP contribution is 2.49. The number of para-hydroxylation sites is 1. The van der Waals surface area contributed by atoms with E-state index >= 15 is 0 Å². The molecule has 3 heterocycles. The molecule has 0 unspecified atom stereocenters. The summed E-state index contributed by atoms with van der Waals surface area (Å²) < 4.78 is 21.0. The van der Waals surface area contributed by atoms with E-state index in [2.05, 4.69) is 29.0 Å². The Morgan fingerprint density at radius 1 is 1.11 bits per heavy atom. The highest BCUT2D eigenvalue weighted by Gasteiger charge is 2.51. The third-order valence-corrected chi connectivity index (χ3v) is 6.18. The van der Waals surface area contributed by atoms with Gasteiger partial charge < -0.3 is 9.64 Å². The van der Waals surface area contributed by atoms with Crippen LogP contribution in [-0.4, -0.2) is 41.0 Å². The van der Waals surface area contributed by atoms with Crippen molar-refractivity contribution in [2.24, 2.45) is 5.10 Å². The Morgan fingerprint density at radius 3 is 2.63 bits per heavy atom. The van der Waals surface area contributed by atoms with E-state index in [1.54, 1.807) is 6.07 Å². The van der Waals surface area contributed by atoms with Gasteiger partial charge in [-0.3, -0.25) is 0 Å². The minimum absolute atomic E-state index is 0.109. The van der Waals surface area contributed by atoms with Crippen molar-refractivity contribution in [1.29, 1.82) is 0 Å². The van der Waals surface area contributed by atoms with Gasteiger partial charge in [-0.1, -0.05) is 43.3 Å². The predicted octanol–water partition coefficient (Wildman–Crippen LogP) is 4.18. The first kappa shape index (κ1) is 16.8. The molecule has 0 N–H and O–H groups in total. The smallest absolute Gasteiger partial charge is 0.200 e. The number of rotatable bonds is 2. The van der Waals surface area contributed by atoms with Crippen LogP contribution < -0.4 is 4.74 Å².